The molecular formula is C17H20N6O2. The van der Waals surface area contributed by atoms with Crippen LogP contribution in [0.4, 0.5) is 17.1 Å². The number of nitrogens with one attached hydrogen (secondary N) is 1. The van der Waals surface area contributed by atoms with Gasteiger partial charge >= 0.3 is 5.97 Å². The summed E-state index contributed by atoms with van der Waals surface area (Å²) in [5.41, 5.74) is 19.7. The zero-order valence-electron chi connectivity index (χ0n) is 13.9. The standard InChI is InChI=1S/C17H20N6O2/c1-9-6-10(2)8-11(7-9)21-14-12(15(24)25)4-3-5-13(14)22-17(20)23-16(18)19/h3-8,21H,1-2H3,(H,24,25)(H6,18,19,20,22,23). The van der Waals surface area contributed by atoms with Crippen LogP contribution in [-0.2, 0) is 0 Å². The summed E-state index contributed by atoms with van der Waals surface area (Å²) in [4.78, 5) is 19.3. The number of anilines is 2. The van der Waals surface area contributed by atoms with Gasteiger partial charge < -0.3 is 27.6 Å². The molecule has 8 N–H and O–H groups in total. The van der Waals surface area contributed by atoms with Crippen LogP contribution >= 0.6 is 0 Å². The molecule has 0 saturated carbocycles. The van der Waals surface area contributed by atoms with Crippen molar-refractivity contribution in [2.75, 3.05) is 5.32 Å². The maximum absolute atomic E-state index is 11.6. The number of rotatable bonds is 4. The summed E-state index contributed by atoms with van der Waals surface area (Å²) < 4.78 is 0. The average molecular weight is 340 g/mol. The number of carbonyl (C=O) groups is 1. The third kappa shape index (κ3) is 4.71. The molecule has 0 aliphatic heterocycles. The molecule has 0 unspecified atom stereocenters. The van der Waals surface area contributed by atoms with Crippen molar-refractivity contribution in [1.82, 2.24) is 0 Å². The molecule has 2 aromatic carbocycles. The fourth-order valence-electron chi connectivity index (χ4n) is 2.41. The summed E-state index contributed by atoms with van der Waals surface area (Å²) in [7, 11) is 0. The van der Waals surface area contributed by atoms with Crippen molar-refractivity contribution < 1.29 is 9.90 Å². The number of carboxylic acid groups (broad SMARTS) is 1. The molecule has 0 spiro atoms. The molecule has 130 valence electrons. The van der Waals surface area contributed by atoms with E-state index in [1.165, 1.54) is 6.07 Å². The molecule has 0 saturated heterocycles. The molecule has 0 aromatic heterocycles. The largest absolute Gasteiger partial charge is 0.478 e. The zero-order chi connectivity index (χ0) is 18.6. The zero-order valence-corrected chi connectivity index (χ0v) is 13.9. The molecule has 0 bridgehead atoms. The number of guanidine groups is 2. The van der Waals surface area contributed by atoms with Crippen LogP contribution in [0.1, 0.15) is 21.5 Å². The molecular weight excluding hydrogens is 320 g/mol. The summed E-state index contributed by atoms with van der Waals surface area (Å²) in [5, 5.41) is 12.6. The minimum Gasteiger partial charge on any atom is -0.478 e. The van der Waals surface area contributed by atoms with Gasteiger partial charge in [0.2, 0.25) is 5.96 Å². The number of benzene rings is 2. The smallest absolute Gasteiger partial charge is 0.337 e. The topological polar surface area (TPSA) is 152 Å². The highest BCUT2D eigenvalue weighted by Gasteiger charge is 2.15. The molecule has 2 aromatic rings. The highest BCUT2D eigenvalue weighted by Crippen LogP contribution is 2.32. The molecule has 0 heterocycles. The predicted molar refractivity (Wildman–Crippen MR) is 99.7 cm³/mol. The van der Waals surface area contributed by atoms with Crippen molar-refractivity contribution in [1.29, 1.82) is 0 Å². The fraction of sp³-hybridized carbons (Fsp3) is 0.118. The highest BCUT2D eigenvalue weighted by molar-refractivity contribution is 6.00. The van der Waals surface area contributed by atoms with Crippen LogP contribution in [0.3, 0.4) is 0 Å². The Morgan fingerprint density at radius 1 is 1.08 bits per heavy atom. The van der Waals surface area contributed by atoms with Gasteiger partial charge in [-0.05, 0) is 49.2 Å². The number of nitrogens with zero attached hydrogens (tertiary/aromatic N) is 2. The Hall–Kier alpha value is -3.55. The van der Waals surface area contributed by atoms with Crippen LogP contribution in [-0.4, -0.2) is 23.0 Å². The SMILES string of the molecule is Cc1cc(C)cc(Nc2c(N=C(N)N=C(N)N)cccc2C(=O)O)c1. The first-order valence-electron chi connectivity index (χ1n) is 7.41. The second-order valence-electron chi connectivity index (χ2n) is 5.51. The maximum Gasteiger partial charge on any atom is 0.337 e. The lowest BCUT2D eigenvalue weighted by molar-refractivity contribution is 0.0698. The van der Waals surface area contributed by atoms with Crippen molar-refractivity contribution in [3.05, 3.63) is 53.1 Å². The molecule has 0 amide bonds. The van der Waals surface area contributed by atoms with Crippen molar-refractivity contribution in [3.8, 4) is 0 Å². The van der Waals surface area contributed by atoms with Gasteiger partial charge in [0.1, 0.15) is 0 Å². The Labute approximate surface area is 145 Å². The van der Waals surface area contributed by atoms with Crippen LogP contribution in [0, 0.1) is 13.8 Å². The summed E-state index contributed by atoms with van der Waals surface area (Å²) in [5.74, 6) is -1.50. The second-order valence-corrected chi connectivity index (χ2v) is 5.51. The Balaban J connectivity index is 2.57. The van der Waals surface area contributed by atoms with E-state index in [1.54, 1.807) is 12.1 Å². The Morgan fingerprint density at radius 3 is 2.28 bits per heavy atom. The number of hydrogen-bond donors (Lipinski definition) is 5. The minimum absolute atomic E-state index is 0.0536. The van der Waals surface area contributed by atoms with Gasteiger partial charge in [-0.15, -0.1) is 0 Å². The summed E-state index contributed by atoms with van der Waals surface area (Å²) in [6.07, 6.45) is 0. The molecule has 2 rings (SSSR count). The van der Waals surface area contributed by atoms with Crippen molar-refractivity contribution >= 4 is 35.0 Å². The molecule has 0 fully saturated rings. The fourth-order valence-corrected chi connectivity index (χ4v) is 2.41. The number of para-hydroxylation sites is 1. The van der Waals surface area contributed by atoms with E-state index in [0.717, 1.165) is 16.8 Å². The van der Waals surface area contributed by atoms with Gasteiger partial charge in [0.15, 0.2) is 5.96 Å². The number of nitrogens with two attached hydrogens (primary N) is 3. The molecule has 0 atom stereocenters. The lowest BCUT2D eigenvalue weighted by Gasteiger charge is -2.14. The van der Waals surface area contributed by atoms with E-state index in [2.05, 4.69) is 15.3 Å². The predicted octanol–water partition coefficient (Wildman–Crippen LogP) is 1.96. The second kappa shape index (κ2) is 7.35. The quantitative estimate of drug-likeness (QED) is 0.424. The Bertz CT molecular complexity index is 849. The molecule has 0 radical (unpaired) electrons. The number of hydrogen-bond acceptors (Lipinski definition) is 3. The molecule has 25 heavy (non-hydrogen) atoms. The summed E-state index contributed by atoms with van der Waals surface area (Å²) in [6.45, 7) is 3.91. The van der Waals surface area contributed by atoms with Crippen LogP contribution in [0.5, 0.6) is 0 Å². The third-order valence-electron chi connectivity index (χ3n) is 3.24. The van der Waals surface area contributed by atoms with Crippen molar-refractivity contribution in [2.45, 2.75) is 13.8 Å². The van der Waals surface area contributed by atoms with Gasteiger partial charge in [0.25, 0.3) is 0 Å². The average Bonchev–Trinajstić information content (AvgIpc) is 2.46. The van der Waals surface area contributed by atoms with E-state index < -0.39 is 5.97 Å². The van der Waals surface area contributed by atoms with Crippen LogP contribution in [0.2, 0.25) is 0 Å². The summed E-state index contributed by atoms with van der Waals surface area (Å²) >= 11 is 0. The Kier molecular flexibility index (Phi) is 5.23. The van der Waals surface area contributed by atoms with Crippen LogP contribution < -0.4 is 22.5 Å². The van der Waals surface area contributed by atoms with Crippen molar-refractivity contribution in [3.63, 3.8) is 0 Å². The van der Waals surface area contributed by atoms with E-state index >= 15 is 0 Å². The van der Waals surface area contributed by atoms with Crippen LogP contribution in [0.25, 0.3) is 0 Å². The van der Waals surface area contributed by atoms with Gasteiger partial charge in [-0.2, -0.15) is 4.99 Å². The molecule has 8 nitrogen and oxygen atoms in total. The first kappa shape index (κ1) is 17.8. The summed E-state index contributed by atoms with van der Waals surface area (Å²) in [6, 6.07) is 10.5. The van der Waals surface area contributed by atoms with Gasteiger partial charge in [-0.3, -0.25) is 0 Å². The lowest BCUT2D eigenvalue weighted by atomic mass is 10.1. The van der Waals surface area contributed by atoms with Gasteiger partial charge in [-0.25, -0.2) is 9.79 Å². The van der Waals surface area contributed by atoms with E-state index in [-0.39, 0.29) is 17.5 Å². The van der Waals surface area contributed by atoms with Crippen LogP contribution in [0.15, 0.2) is 46.4 Å². The van der Waals surface area contributed by atoms with E-state index in [0.29, 0.717) is 11.4 Å². The maximum atomic E-state index is 11.6. The normalized spacial score (nSPS) is 11.0. The molecule has 8 heteroatoms. The molecule has 0 aliphatic carbocycles. The van der Waals surface area contributed by atoms with E-state index in [4.69, 9.17) is 17.2 Å². The first-order valence-corrected chi connectivity index (χ1v) is 7.41. The van der Waals surface area contributed by atoms with Gasteiger partial charge in [0, 0.05) is 5.69 Å². The van der Waals surface area contributed by atoms with Gasteiger partial charge in [-0.1, -0.05) is 12.1 Å². The lowest BCUT2D eigenvalue weighted by Crippen LogP contribution is -2.26. The minimum atomic E-state index is -1.09. The molecule has 0 aliphatic rings. The Morgan fingerprint density at radius 2 is 1.72 bits per heavy atom. The van der Waals surface area contributed by atoms with E-state index in [9.17, 15) is 9.90 Å². The van der Waals surface area contributed by atoms with E-state index in [1.807, 2.05) is 32.0 Å². The number of carboxylic acids is 1. The highest BCUT2D eigenvalue weighted by atomic mass is 16.4. The third-order valence-corrected chi connectivity index (χ3v) is 3.24. The van der Waals surface area contributed by atoms with Crippen molar-refractivity contribution in [2.24, 2.45) is 27.2 Å². The first-order chi connectivity index (χ1) is 11.8. The number of aromatic carboxylic acids is 1. The van der Waals surface area contributed by atoms with Gasteiger partial charge in [0.05, 0.1) is 16.9 Å². The number of aliphatic imine (C=N–C) groups is 2. The monoisotopic (exact) mass is 340 g/mol. The number of aryl methyl sites for hydroxylation is 2.